The van der Waals surface area contributed by atoms with E-state index < -0.39 is 18.8 Å². The van der Waals surface area contributed by atoms with Crippen LogP contribution in [0.2, 0.25) is 5.15 Å². The molecule has 2 rings (SSSR count). The van der Waals surface area contributed by atoms with Gasteiger partial charge < -0.3 is 10.4 Å². The number of aliphatic hydroxyl groups is 1. The molecule has 0 radical (unpaired) electrons. The van der Waals surface area contributed by atoms with Crippen LogP contribution in [0.5, 0.6) is 0 Å². The molecule has 100 valence electrons. The summed E-state index contributed by atoms with van der Waals surface area (Å²) in [6, 6.07) is 1.33. The first-order chi connectivity index (χ1) is 8.36. The zero-order valence-corrected chi connectivity index (χ0v) is 9.96. The molecular weight excluding hydrogens is 271 g/mol. The van der Waals surface area contributed by atoms with Crippen LogP contribution in [0, 0.1) is 0 Å². The van der Waals surface area contributed by atoms with Crippen LogP contribution in [0.15, 0.2) is 6.07 Å². The zero-order chi connectivity index (χ0) is 13.3. The van der Waals surface area contributed by atoms with Gasteiger partial charge in [0.2, 0.25) is 0 Å². The maximum atomic E-state index is 12.1. The Morgan fingerprint density at radius 3 is 2.67 bits per heavy atom. The zero-order valence-electron chi connectivity index (χ0n) is 9.21. The van der Waals surface area contributed by atoms with Crippen molar-refractivity contribution >= 4 is 17.4 Å². The van der Waals surface area contributed by atoms with Gasteiger partial charge in [-0.05, 0) is 12.8 Å². The Bertz CT molecular complexity index is 437. The van der Waals surface area contributed by atoms with E-state index in [4.69, 9.17) is 16.7 Å². The van der Waals surface area contributed by atoms with Gasteiger partial charge in [-0.25, -0.2) is 9.97 Å². The molecule has 1 heterocycles. The van der Waals surface area contributed by atoms with Gasteiger partial charge in [0.15, 0.2) is 6.10 Å². The molecule has 1 aromatic heterocycles. The molecular formula is C10H11ClF3N3O. The number of hydrogen-bond acceptors (Lipinski definition) is 4. The normalized spacial score (nSPS) is 17.6. The molecule has 1 atom stereocenters. The lowest BCUT2D eigenvalue weighted by molar-refractivity contribution is -0.198. The Morgan fingerprint density at radius 1 is 1.44 bits per heavy atom. The number of aromatic nitrogens is 2. The van der Waals surface area contributed by atoms with Crippen LogP contribution in [0.4, 0.5) is 19.0 Å². The van der Waals surface area contributed by atoms with Crippen molar-refractivity contribution in [3.05, 3.63) is 17.0 Å². The Hall–Kier alpha value is -1.08. The van der Waals surface area contributed by atoms with Gasteiger partial charge >= 0.3 is 6.18 Å². The SMILES string of the molecule is OC(CNc1cc(Cl)nc(C2CC2)n1)C(F)(F)F. The largest absolute Gasteiger partial charge is 0.416 e. The highest BCUT2D eigenvalue weighted by atomic mass is 35.5. The van der Waals surface area contributed by atoms with Crippen LogP contribution in [0.1, 0.15) is 24.6 Å². The highest BCUT2D eigenvalue weighted by Crippen LogP contribution is 2.38. The average molecular weight is 282 g/mol. The van der Waals surface area contributed by atoms with Crippen molar-refractivity contribution in [3.8, 4) is 0 Å². The molecule has 0 amide bonds. The second-order valence-corrected chi connectivity index (χ2v) is 4.53. The maximum Gasteiger partial charge on any atom is 0.416 e. The Kier molecular flexibility index (Phi) is 3.63. The van der Waals surface area contributed by atoms with Crippen molar-refractivity contribution in [2.24, 2.45) is 0 Å². The van der Waals surface area contributed by atoms with Crippen LogP contribution in [-0.2, 0) is 0 Å². The maximum absolute atomic E-state index is 12.1. The summed E-state index contributed by atoms with van der Waals surface area (Å²) in [6.07, 6.45) is -5.16. The van der Waals surface area contributed by atoms with Gasteiger partial charge in [0.05, 0.1) is 6.54 Å². The Balaban J connectivity index is 2.00. The molecule has 1 aliphatic carbocycles. The Labute approximate surface area is 106 Å². The molecule has 8 heteroatoms. The second kappa shape index (κ2) is 4.89. The minimum absolute atomic E-state index is 0.177. The van der Waals surface area contributed by atoms with Gasteiger partial charge in [-0.2, -0.15) is 13.2 Å². The van der Waals surface area contributed by atoms with Gasteiger partial charge in [0, 0.05) is 12.0 Å². The first-order valence-corrected chi connectivity index (χ1v) is 5.77. The van der Waals surface area contributed by atoms with Crippen molar-refractivity contribution in [2.75, 3.05) is 11.9 Å². The number of alkyl halides is 3. The lowest BCUT2D eigenvalue weighted by Gasteiger charge is -2.15. The lowest BCUT2D eigenvalue weighted by atomic mass is 10.3. The smallest absolute Gasteiger partial charge is 0.382 e. The van der Waals surface area contributed by atoms with Crippen LogP contribution in [0.25, 0.3) is 0 Å². The summed E-state index contributed by atoms with van der Waals surface area (Å²) in [5.74, 6) is 0.975. The van der Waals surface area contributed by atoms with E-state index in [0.29, 0.717) is 5.82 Å². The molecule has 0 aromatic carbocycles. The first kappa shape index (κ1) is 13.4. The summed E-state index contributed by atoms with van der Waals surface area (Å²) in [4.78, 5) is 8.07. The van der Waals surface area contributed by atoms with E-state index in [1.807, 2.05) is 0 Å². The van der Waals surface area contributed by atoms with Gasteiger partial charge in [-0.15, -0.1) is 0 Å². The number of nitrogens with one attached hydrogen (secondary N) is 1. The summed E-state index contributed by atoms with van der Waals surface area (Å²) >= 11 is 5.75. The molecule has 4 nitrogen and oxygen atoms in total. The van der Waals surface area contributed by atoms with Crippen LogP contribution in [-0.4, -0.2) is 33.9 Å². The summed E-state index contributed by atoms with van der Waals surface area (Å²) in [7, 11) is 0. The molecule has 0 saturated heterocycles. The number of halogens is 4. The molecule has 1 aliphatic rings. The number of hydrogen-bond donors (Lipinski definition) is 2. The predicted molar refractivity (Wildman–Crippen MR) is 59.6 cm³/mol. The number of nitrogens with zero attached hydrogens (tertiary/aromatic N) is 2. The summed E-state index contributed by atoms with van der Waals surface area (Å²) < 4.78 is 36.3. The standard InChI is InChI=1S/C10H11ClF3N3O/c11-7-3-8(15-4-6(18)10(12,13)14)17-9(16-7)5-1-2-5/h3,5-6,18H,1-2,4H2,(H,15,16,17). The van der Waals surface area contributed by atoms with Gasteiger partial charge in [-0.1, -0.05) is 11.6 Å². The van der Waals surface area contributed by atoms with E-state index in [-0.39, 0.29) is 16.9 Å². The molecule has 0 aliphatic heterocycles. The summed E-state index contributed by atoms with van der Waals surface area (Å²) in [5, 5.41) is 11.4. The molecule has 1 fully saturated rings. The third-order valence-electron chi connectivity index (χ3n) is 2.51. The summed E-state index contributed by atoms with van der Waals surface area (Å²) in [5.41, 5.74) is 0. The first-order valence-electron chi connectivity index (χ1n) is 5.39. The van der Waals surface area contributed by atoms with Crippen molar-refractivity contribution in [1.82, 2.24) is 9.97 Å². The van der Waals surface area contributed by atoms with Gasteiger partial charge in [-0.3, -0.25) is 0 Å². The number of aliphatic hydroxyl groups excluding tert-OH is 1. The van der Waals surface area contributed by atoms with Crippen LogP contribution < -0.4 is 5.32 Å². The fourth-order valence-electron chi connectivity index (χ4n) is 1.37. The molecule has 2 N–H and O–H groups in total. The van der Waals surface area contributed by atoms with Crippen LogP contribution in [0.3, 0.4) is 0 Å². The van der Waals surface area contributed by atoms with Gasteiger partial charge in [0.25, 0.3) is 0 Å². The highest BCUT2D eigenvalue weighted by molar-refractivity contribution is 6.29. The highest BCUT2D eigenvalue weighted by Gasteiger charge is 2.38. The second-order valence-electron chi connectivity index (χ2n) is 4.15. The fraction of sp³-hybridized carbons (Fsp3) is 0.600. The van der Waals surface area contributed by atoms with Crippen molar-refractivity contribution in [1.29, 1.82) is 0 Å². The average Bonchev–Trinajstić information content (AvgIpc) is 3.07. The molecule has 1 aromatic rings. The minimum Gasteiger partial charge on any atom is -0.382 e. The van der Waals surface area contributed by atoms with Crippen molar-refractivity contribution < 1.29 is 18.3 Å². The predicted octanol–water partition coefficient (Wildman–Crippen LogP) is 2.34. The van der Waals surface area contributed by atoms with E-state index in [1.54, 1.807) is 0 Å². The van der Waals surface area contributed by atoms with E-state index in [9.17, 15) is 13.2 Å². The van der Waals surface area contributed by atoms with E-state index in [2.05, 4.69) is 15.3 Å². The third kappa shape index (κ3) is 3.46. The topological polar surface area (TPSA) is 58.0 Å². The minimum atomic E-state index is -4.65. The van der Waals surface area contributed by atoms with E-state index >= 15 is 0 Å². The quantitative estimate of drug-likeness (QED) is 0.832. The third-order valence-corrected chi connectivity index (χ3v) is 2.70. The van der Waals surface area contributed by atoms with E-state index in [1.165, 1.54) is 6.07 Å². The fourth-order valence-corrected chi connectivity index (χ4v) is 1.56. The van der Waals surface area contributed by atoms with Crippen molar-refractivity contribution in [3.63, 3.8) is 0 Å². The summed E-state index contributed by atoms with van der Waals surface area (Å²) in [6.45, 7) is -0.666. The van der Waals surface area contributed by atoms with Gasteiger partial charge in [0.1, 0.15) is 16.8 Å². The number of rotatable bonds is 4. The lowest BCUT2D eigenvalue weighted by Crippen LogP contribution is -2.35. The Morgan fingerprint density at radius 2 is 2.11 bits per heavy atom. The molecule has 1 unspecified atom stereocenters. The molecule has 18 heavy (non-hydrogen) atoms. The van der Waals surface area contributed by atoms with Crippen LogP contribution >= 0.6 is 11.6 Å². The molecule has 1 saturated carbocycles. The van der Waals surface area contributed by atoms with Crippen molar-refractivity contribution in [2.45, 2.75) is 31.0 Å². The molecule has 0 bridgehead atoms. The van der Waals surface area contributed by atoms with E-state index in [0.717, 1.165) is 12.8 Å². The number of anilines is 1. The monoisotopic (exact) mass is 281 g/mol. The molecule has 0 spiro atoms.